The van der Waals surface area contributed by atoms with Crippen LogP contribution < -0.4 is 10.1 Å². The number of piperidine rings is 1. The van der Waals surface area contributed by atoms with Crippen LogP contribution >= 0.6 is 0 Å². The maximum atomic E-state index is 13.5. The highest BCUT2D eigenvalue weighted by atomic mass is 19.1. The lowest BCUT2D eigenvalue weighted by molar-refractivity contribution is 0.208. The first-order valence-corrected chi connectivity index (χ1v) is 8.21. The van der Waals surface area contributed by atoms with Crippen molar-refractivity contribution in [2.75, 3.05) is 25.5 Å². The Morgan fingerprint density at radius 2 is 1.96 bits per heavy atom. The van der Waals surface area contributed by atoms with Crippen molar-refractivity contribution in [1.29, 1.82) is 0 Å². The van der Waals surface area contributed by atoms with Crippen LogP contribution in [0, 0.1) is 11.6 Å². The van der Waals surface area contributed by atoms with Gasteiger partial charge in [0.25, 0.3) is 0 Å². The maximum Gasteiger partial charge on any atom is 0.165 e. The molecule has 5 heteroatoms. The Balaban J connectivity index is 1.60. The van der Waals surface area contributed by atoms with Crippen LogP contribution in [0.2, 0.25) is 0 Å². The standard InChI is InChI=1S/C19H22F2N2O/c1-24-19-11-14(4-9-18(19)21)12-23-10-2-3-17(13-23)22-16-7-5-15(20)6-8-16/h4-9,11,17,22H,2-3,10,12-13H2,1H3/t17-/m1/s1. The van der Waals surface area contributed by atoms with Gasteiger partial charge in [0.1, 0.15) is 5.82 Å². The minimum Gasteiger partial charge on any atom is -0.494 e. The number of ether oxygens (including phenoxy) is 1. The lowest BCUT2D eigenvalue weighted by Crippen LogP contribution is -2.41. The molecule has 3 rings (SSSR count). The third-order valence-corrected chi connectivity index (χ3v) is 4.34. The van der Waals surface area contributed by atoms with Gasteiger partial charge in [-0.3, -0.25) is 4.90 Å². The predicted molar refractivity (Wildman–Crippen MR) is 91.3 cm³/mol. The number of hydrogen-bond donors (Lipinski definition) is 1. The molecule has 0 saturated carbocycles. The Morgan fingerprint density at radius 1 is 1.17 bits per heavy atom. The van der Waals surface area contributed by atoms with E-state index >= 15 is 0 Å². The average Bonchev–Trinajstić information content (AvgIpc) is 2.59. The molecule has 1 saturated heterocycles. The molecule has 2 aromatic rings. The van der Waals surface area contributed by atoms with Gasteiger partial charge in [-0.05, 0) is 61.3 Å². The second-order valence-electron chi connectivity index (χ2n) is 6.19. The van der Waals surface area contributed by atoms with Crippen LogP contribution in [0.3, 0.4) is 0 Å². The van der Waals surface area contributed by atoms with Gasteiger partial charge in [-0.2, -0.15) is 0 Å². The number of nitrogens with zero attached hydrogens (tertiary/aromatic N) is 1. The zero-order valence-corrected chi connectivity index (χ0v) is 13.8. The van der Waals surface area contributed by atoms with Crippen molar-refractivity contribution in [3.8, 4) is 5.75 Å². The Hall–Kier alpha value is -2.14. The van der Waals surface area contributed by atoms with Crippen LogP contribution in [0.5, 0.6) is 5.75 Å². The summed E-state index contributed by atoms with van der Waals surface area (Å²) in [6.45, 7) is 2.68. The summed E-state index contributed by atoms with van der Waals surface area (Å²) in [4.78, 5) is 2.34. The molecule has 0 spiro atoms. The van der Waals surface area contributed by atoms with Gasteiger partial charge in [-0.15, -0.1) is 0 Å². The molecule has 1 aliphatic heterocycles. The van der Waals surface area contributed by atoms with E-state index in [0.717, 1.165) is 43.7 Å². The SMILES string of the molecule is COc1cc(CN2CCC[C@@H](Nc3ccc(F)cc3)C2)ccc1F. The largest absolute Gasteiger partial charge is 0.494 e. The molecule has 1 aliphatic rings. The molecule has 1 atom stereocenters. The van der Waals surface area contributed by atoms with E-state index in [1.54, 1.807) is 24.3 Å². The second kappa shape index (κ2) is 7.62. The van der Waals surface area contributed by atoms with Crippen molar-refractivity contribution in [2.45, 2.75) is 25.4 Å². The van der Waals surface area contributed by atoms with Gasteiger partial charge in [0, 0.05) is 24.8 Å². The molecule has 2 aromatic carbocycles. The number of anilines is 1. The number of hydrogen-bond acceptors (Lipinski definition) is 3. The van der Waals surface area contributed by atoms with E-state index in [4.69, 9.17) is 4.74 Å². The molecule has 0 radical (unpaired) electrons. The molecule has 1 heterocycles. The van der Waals surface area contributed by atoms with E-state index in [9.17, 15) is 8.78 Å². The molecule has 0 bridgehead atoms. The van der Waals surface area contributed by atoms with E-state index in [2.05, 4.69) is 10.2 Å². The lowest BCUT2D eigenvalue weighted by Gasteiger charge is -2.33. The number of halogens is 2. The minimum atomic E-state index is -0.337. The van der Waals surface area contributed by atoms with Gasteiger partial charge in [0.05, 0.1) is 7.11 Å². The normalized spacial score (nSPS) is 18.4. The highest BCUT2D eigenvalue weighted by Gasteiger charge is 2.20. The van der Waals surface area contributed by atoms with Crippen LogP contribution in [-0.4, -0.2) is 31.1 Å². The summed E-state index contributed by atoms with van der Waals surface area (Å²) >= 11 is 0. The highest BCUT2D eigenvalue weighted by molar-refractivity contribution is 5.44. The van der Waals surface area contributed by atoms with Gasteiger partial charge in [-0.1, -0.05) is 6.07 Å². The van der Waals surface area contributed by atoms with Crippen LogP contribution in [0.15, 0.2) is 42.5 Å². The second-order valence-corrected chi connectivity index (χ2v) is 6.19. The van der Waals surface area contributed by atoms with Crippen LogP contribution in [0.4, 0.5) is 14.5 Å². The molecule has 3 nitrogen and oxygen atoms in total. The van der Waals surface area contributed by atoms with E-state index in [0.29, 0.717) is 6.04 Å². The average molecular weight is 332 g/mol. The molecule has 0 aromatic heterocycles. The molecular formula is C19H22F2N2O. The molecule has 128 valence electrons. The summed E-state index contributed by atoms with van der Waals surface area (Å²) < 4.78 is 31.5. The number of likely N-dealkylation sites (tertiary alicyclic amines) is 1. The zero-order valence-electron chi connectivity index (χ0n) is 13.8. The third-order valence-electron chi connectivity index (χ3n) is 4.34. The fraction of sp³-hybridized carbons (Fsp3) is 0.368. The zero-order chi connectivity index (χ0) is 16.9. The van der Waals surface area contributed by atoms with Crippen molar-refractivity contribution >= 4 is 5.69 Å². The Kier molecular flexibility index (Phi) is 5.30. The van der Waals surface area contributed by atoms with Gasteiger partial charge in [0.2, 0.25) is 0 Å². The number of benzene rings is 2. The summed E-state index contributed by atoms with van der Waals surface area (Å²) in [7, 11) is 1.48. The Labute approximate surface area is 141 Å². The molecule has 1 N–H and O–H groups in total. The van der Waals surface area contributed by atoms with Gasteiger partial charge >= 0.3 is 0 Å². The van der Waals surface area contributed by atoms with Crippen LogP contribution in [0.25, 0.3) is 0 Å². The topological polar surface area (TPSA) is 24.5 Å². The molecule has 0 aliphatic carbocycles. The third kappa shape index (κ3) is 4.23. The summed E-state index contributed by atoms with van der Waals surface area (Å²) in [6, 6.07) is 11.8. The van der Waals surface area contributed by atoms with Crippen molar-refractivity contribution in [3.63, 3.8) is 0 Å². The monoisotopic (exact) mass is 332 g/mol. The van der Waals surface area contributed by atoms with Gasteiger partial charge in [-0.25, -0.2) is 8.78 Å². The smallest absolute Gasteiger partial charge is 0.165 e. The predicted octanol–water partition coefficient (Wildman–Crippen LogP) is 4.05. The number of methoxy groups -OCH3 is 1. The molecular weight excluding hydrogens is 310 g/mol. The quantitative estimate of drug-likeness (QED) is 0.894. The van der Waals surface area contributed by atoms with E-state index in [1.165, 1.54) is 25.3 Å². The fourth-order valence-corrected chi connectivity index (χ4v) is 3.16. The van der Waals surface area contributed by atoms with Gasteiger partial charge in [0.15, 0.2) is 11.6 Å². The van der Waals surface area contributed by atoms with Gasteiger partial charge < -0.3 is 10.1 Å². The van der Waals surface area contributed by atoms with Crippen LogP contribution in [-0.2, 0) is 6.54 Å². The van der Waals surface area contributed by atoms with Crippen molar-refractivity contribution in [1.82, 2.24) is 4.90 Å². The Morgan fingerprint density at radius 3 is 2.71 bits per heavy atom. The molecule has 0 unspecified atom stereocenters. The highest BCUT2D eigenvalue weighted by Crippen LogP contribution is 2.22. The Bertz CT molecular complexity index is 676. The summed E-state index contributed by atoms with van der Waals surface area (Å²) in [5, 5.41) is 3.46. The molecule has 1 fully saturated rings. The van der Waals surface area contributed by atoms with E-state index in [1.807, 2.05) is 0 Å². The maximum absolute atomic E-state index is 13.5. The number of rotatable bonds is 5. The molecule has 24 heavy (non-hydrogen) atoms. The summed E-state index contributed by atoms with van der Waals surface area (Å²) in [5.41, 5.74) is 1.97. The van der Waals surface area contributed by atoms with Crippen molar-refractivity contribution < 1.29 is 13.5 Å². The minimum absolute atomic E-state index is 0.226. The fourth-order valence-electron chi connectivity index (χ4n) is 3.16. The summed E-state index contributed by atoms with van der Waals surface area (Å²) in [5.74, 6) is -0.280. The molecule has 0 amide bonds. The van der Waals surface area contributed by atoms with Crippen LogP contribution in [0.1, 0.15) is 18.4 Å². The first-order valence-electron chi connectivity index (χ1n) is 8.21. The summed E-state index contributed by atoms with van der Waals surface area (Å²) in [6.07, 6.45) is 2.18. The first kappa shape index (κ1) is 16.7. The van der Waals surface area contributed by atoms with Crippen molar-refractivity contribution in [3.05, 3.63) is 59.7 Å². The van der Waals surface area contributed by atoms with E-state index in [-0.39, 0.29) is 17.4 Å². The number of nitrogens with one attached hydrogen (secondary N) is 1. The first-order chi connectivity index (χ1) is 11.6. The van der Waals surface area contributed by atoms with Crippen molar-refractivity contribution in [2.24, 2.45) is 0 Å². The lowest BCUT2D eigenvalue weighted by atomic mass is 10.0. The van der Waals surface area contributed by atoms with E-state index < -0.39 is 0 Å².